The van der Waals surface area contributed by atoms with Crippen LogP contribution in [0.1, 0.15) is 128 Å². The number of amides is 1. The van der Waals surface area contributed by atoms with Crippen molar-refractivity contribution in [1.29, 1.82) is 0 Å². The maximum Gasteiger partial charge on any atom is 0.338 e. The van der Waals surface area contributed by atoms with Crippen molar-refractivity contribution in [2.75, 3.05) is 26.2 Å². The van der Waals surface area contributed by atoms with Crippen molar-refractivity contribution in [3.8, 4) is 0 Å². The fourth-order valence-electron chi connectivity index (χ4n) is 14.1. The number of hydrogen-bond acceptors (Lipinski definition) is 3. The van der Waals surface area contributed by atoms with Crippen LogP contribution in [0.4, 0.5) is 13.2 Å². The van der Waals surface area contributed by atoms with Gasteiger partial charge in [-0.25, -0.2) is 18.0 Å². The summed E-state index contributed by atoms with van der Waals surface area (Å²) in [5, 5.41) is 12.8. The Hall–Kier alpha value is -2.61. The molecular formula is C44H61F3N2O3. The third-order valence-electron chi connectivity index (χ3n) is 16.9. The summed E-state index contributed by atoms with van der Waals surface area (Å²) in [5.74, 6) is -2.44. The number of carbonyl (C=O) groups excluding carboxylic acids is 1. The average molecular weight is 723 g/mol. The van der Waals surface area contributed by atoms with Gasteiger partial charge in [0, 0.05) is 39.0 Å². The van der Waals surface area contributed by atoms with E-state index in [4.69, 9.17) is 0 Å². The zero-order chi connectivity index (χ0) is 37.6. The van der Waals surface area contributed by atoms with Crippen molar-refractivity contribution in [1.82, 2.24) is 10.2 Å². The molecular weight excluding hydrogens is 661 g/mol. The SMILES string of the molecule is C=C(C)[C@@H]1CC[C@]2(C(=O)NCCN3CCC(F)(F)CC3)CC[C@]3(C)[C@H](CCC4[C@@]5(C)CC=C(c6ccc(C(=O)O)c(F)c6)C(C)(C)[C@@H]5CC[C@]43C)[C@@H]12. The summed E-state index contributed by atoms with van der Waals surface area (Å²) in [6.07, 6.45) is 11.3. The van der Waals surface area contributed by atoms with Gasteiger partial charge in [0.2, 0.25) is 5.91 Å². The molecule has 5 nitrogen and oxygen atoms in total. The van der Waals surface area contributed by atoms with E-state index in [1.165, 1.54) is 17.7 Å². The highest BCUT2D eigenvalue weighted by Gasteiger charge is 2.71. The monoisotopic (exact) mass is 722 g/mol. The summed E-state index contributed by atoms with van der Waals surface area (Å²) >= 11 is 0. The van der Waals surface area contributed by atoms with Gasteiger partial charge in [0.15, 0.2) is 0 Å². The topological polar surface area (TPSA) is 69.6 Å². The summed E-state index contributed by atoms with van der Waals surface area (Å²) in [7, 11) is 0. The van der Waals surface area contributed by atoms with E-state index in [-0.39, 0.29) is 51.9 Å². The highest BCUT2D eigenvalue weighted by Crippen LogP contribution is 2.77. The van der Waals surface area contributed by atoms with E-state index in [9.17, 15) is 27.9 Å². The largest absolute Gasteiger partial charge is 0.478 e. The Morgan fingerprint density at radius 2 is 1.63 bits per heavy atom. The number of carboxylic acid groups (broad SMARTS) is 1. The molecule has 8 heteroatoms. The Morgan fingerprint density at radius 1 is 0.923 bits per heavy atom. The first-order valence-corrected chi connectivity index (χ1v) is 20.1. The Balaban J connectivity index is 1.14. The van der Waals surface area contributed by atoms with Crippen LogP contribution in [0, 0.1) is 62.5 Å². The molecule has 0 radical (unpaired) electrons. The predicted molar refractivity (Wildman–Crippen MR) is 199 cm³/mol. The standard InChI is InChI=1S/C44H61F3N2O3/c1-27(2)29-12-17-43(38(52)48-22-25-49-23-20-44(46,47)21-24-49)19-18-41(6)32(36(29)43)10-11-35-40(5)15-13-31(28-8-9-30(37(50)51)33(45)26-28)39(3,4)34(40)14-16-42(35,41)7/h8-9,13,26,29,32,34-36H,1,10-12,14-25H2,2-7H3,(H,48,52)(H,50,51)/t29-,32+,34-,35?,36+,40-,41+,42+,43-/m0/s1. The molecule has 0 spiro atoms. The number of piperidine rings is 1. The van der Waals surface area contributed by atoms with E-state index in [0.717, 1.165) is 68.9 Å². The lowest BCUT2D eigenvalue weighted by Crippen LogP contribution is -2.66. The van der Waals surface area contributed by atoms with Gasteiger partial charge in [-0.3, -0.25) is 4.79 Å². The Kier molecular flexibility index (Phi) is 9.23. The minimum atomic E-state index is -2.57. The predicted octanol–water partition coefficient (Wildman–Crippen LogP) is 10.0. The molecule has 0 aromatic heterocycles. The van der Waals surface area contributed by atoms with E-state index in [1.54, 1.807) is 6.07 Å². The van der Waals surface area contributed by atoms with Crippen molar-refractivity contribution < 1.29 is 27.9 Å². The van der Waals surface area contributed by atoms with E-state index in [0.29, 0.717) is 49.9 Å². The summed E-state index contributed by atoms with van der Waals surface area (Å²) in [6.45, 7) is 20.8. The van der Waals surface area contributed by atoms with Crippen molar-refractivity contribution in [3.63, 3.8) is 0 Å². The lowest BCUT2D eigenvalue weighted by Gasteiger charge is -2.72. The third kappa shape index (κ3) is 5.56. The van der Waals surface area contributed by atoms with Crippen LogP contribution >= 0.6 is 0 Å². The molecule has 1 heterocycles. The molecule has 1 aromatic rings. The van der Waals surface area contributed by atoms with Crippen molar-refractivity contribution >= 4 is 17.4 Å². The van der Waals surface area contributed by atoms with Crippen molar-refractivity contribution in [2.45, 2.75) is 118 Å². The molecule has 1 aliphatic heterocycles. The number of allylic oxidation sites excluding steroid dienone is 3. The molecule has 1 unspecified atom stereocenters. The molecule has 52 heavy (non-hydrogen) atoms. The van der Waals surface area contributed by atoms with Crippen LogP contribution in [0.2, 0.25) is 0 Å². The number of aromatic carboxylic acids is 1. The molecule has 7 rings (SSSR count). The number of alkyl halides is 2. The van der Waals surface area contributed by atoms with Gasteiger partial charge in [0.25, 0.3) is 5.92 Å². The normalized spacial score (nSPS) is 40.7. The molecule has 4 saturated carbocycles. The van der Waals surface area contributed by atoms with E-state index in [1.807, 2.05) is 0 Å². The summed E-state index contributed by atoms with van der Waals surface area (Å²) in [4.78, 5) is 28.0. The molecule has 1 aromatic carbocycles. The summed E-state index contributed by atoms with van der Waals surface area (Å²) in [6, 6.07) is 4.60. The number of fused-ring (bicyclic) bond motifs is 7. The molecule has 0 bridgehead atoms. The molecule has 286 valence electrons. The number of benzene rings is 1. The number of hydrogen-bond donors (Lipinski definition) is 2. The number of carbonyl (C=O) groups is 2. The Morgan fingerprint density at radius 3 is 2.29 bits per heavy atom. The van der Waals surface area contributed by atoms with E-state index < -0.39 is 23.1 Å². The van der Waals surface area contributed by atoms with E-state index >= 15 is 0 Å². The zero-order valence-corrected chi connectivity index (χ0v) is 32.4. The number of halogens is 3. The number of likely N-dealkylation sites (tertiary alicyclic amines) is 1. The maximum absolute atomic E-state index is 14.9. The average Bonchev–Trinajstić information content (AvgIpc) is 3.47. The molecule has 1 saturated heterocycles. The first kappa shape index (κ1) is 37.7. The quantitative estimate of drug-likeness (QED) is 0.275. The number of nitrogens with zero attached hydrogens (tertiary/aromatic N) is 1. The number of carboxylic acids is 1. The fraction of sp³-hybridized carbons (Fsp3) is 0.727. The Bertz CT molecular complexity index is 1660. The molecule has 2 N–H and O–H groups in total. The molecule has 9 atom stereocenters. The molecule has 5 aliphatic carbocycles. The first-order chi connectivity index (χ1) is 24.3. The van der Waals surface area contributed by atoms with Crippen LogP contribution in [0.3, 0.4) is 0 Å². The molecule has 6 aliphatic rings. The second-order valence-corrected chi connectivity index (χ2v) is 19.3. The minimum absolute atomic E-state index is 0.0568. The van der Waals surface area contributed by atoms with E-state index in [2.05, 4.69) is 64.4 Å². The second kappa shape index (κ2) is 12.7. The van der Waals surface area contributed by atoms with Gasteiger partial charge in [-0.15, -0.1) is 0 Å². The third-order valence-corrected chi connectivity index (χ3v) is 16.9. The van der Waals surface area contributed by atoms with Crippen LogP contribution in [-0.2, 0) is 4.79 Å². The number of rotatable bonds is 7. The van der Waals surface area contributed by atoms with Gasteiger partial charge in [-0.1, -0.05) is 58.9 Å². The van der Waals surface area contributed by atoms with Gasteiger partial charge in [0.05, 0.1) is 11.0 Å². The van der Waals surface area contributed by atoms with Gasteiger partial charge < -0.3 is 15.3 Å². The number of nitrogens with one attached hydrogen (secondary N) is 1. The highest BCUT2D eigenvalue weighted by atomic mass is 19.3. The maximum atomic E-state index is 14.9. The van der Waals surface area contributed by atoms with Crippen molar-refractivity contribution in [3.05, 3.63) is 53.4 Å². The smallest absolute Gasteiger partial charge is 0.338 e. The first-order valence-electron chi connectivity index (χ1n) is 20.1. The molecule has 5 fully saturated rings. The van der Waals surface area contributed by atoms with Crippen molar-refractivity contribution in [2.24, 2.45) is 56.7 Å². The summed E-state index contributed by atoms with van der Waals surface area (Å²) < 4.78 is 42.4. The van der Waals surface area contributed by atoms with Crippen LogP contribution in [-0.4, -0.2) is 54.0 Å². The summed E-state index contributed by atoms with van der Waals surface area (Å²) in [5.41, 5.74) is 2.40. The lowest BCUT2D eigenvalue weighted by atomic mass is 9.32. The van der Waals surface area contributed by atoms with Gasteiger partial charge in [0.1, 0.15) is 5.82 Å². The lowest BCUT2D eigenvalue weighted by molar-refractivity contribution is -0.225. The zero-order valence-electron chi connectivity index (χ0n) is 32.4. The van der Waals surface area contributed by atoms with Crippen LogP contribution < -0.4 is 5.32 Å². The van der Waals surface area contributed by atoms with Crippen LogP contribution in [0.15, 0.2) is 36.4 Å². The van der Waals surface area contributed by atoms with Gasteiger partial charge in [-0.2, -0.15) is 0 Å². The minimum Gasteiger partial charge on any atom is -0.478 e. The highest BCUT2D eigenvalue weighted by molar-refractivity contribution is 5.88. The Labute approximate surface area is 309 Å². The van der Waals surface area contributed by atoms with Crippen LogP contribution in [0.25, 0.3) is 5.57 Å². The van der Waals surface area contributed by atoms with Gasteiger partial charge >= 0.3 is 5.97 Å². The second-order valence-electron chi connectivity index (χ2n) is 19.3. The molecule has 1 amide bonds. The fourth-order valence-corrected chi connectivity index (χ4v) is 14.1. The van der Waals surface area contributed by atoms with Gasteiger partial charge in [-0.05, 0) is 139 Å². The van der Waals surface area contributed by atoms with Crippen LogP contribution in [0.5, 0.6) is 0 Å².